The Morgan fingerprint density at radius 1 is 1.26 bits per heavy atom. The standard InChI is InChI=1S/C14H16N4O/c1-15-13-10-16-8-6-12(13)14(19)18-9-5-11-4-2-3-7-17-11/h2-4,6-8,10,15H,5,9H2,1H3,(H,18,19). The number of aromatic nitrogens is 2. The highest BCUT2D eigenvalue weighted by Crippen LogP contribution is 2.11. The second-order valence-corrected chi connectivity index (χ2v) is 4.00. The molecule has 0 aliphatic heterocycles. The van der Waals surface area contributed by atoms with Crippen molar-refractivity contribution >= 4 is 11.6 Å². The van der Waals surface area contributed by atoms with Crippen LogP contribution in [0.4, 0.5) is 5.69 Å². The van der Waals surface area contributed by atoms with Gasteiger partial charge in [0.15, 0.2) is 0 Å². The van der Waals surface area contributed by atoms with Crippen LogP contribution in [-0.4, -0.2) is 29.5 Å². The van der Waals surface area contributed by atoms with Gasteiger partial charge in [0, 0.05) is 38.1 Å². The number of carbonyl (C=O) groups excluding carboxylic acids is 1. The SMILES string of the molecule is CNc1cnccc1C(=O)NCCc1ccccn1. The normalized spacial score (nSPS) is 9.95. The molecule has 0 bridgehead atoms. The fraction of sp³-hybridized carbons (Fsp3) is 0.214. The van der Waals surface area contributed by atoms with Gasteiger partial charge in [0.25, 0.3) is 5.91 Å². The highest BCUT2D eigenvalue weighted by Gasteiger charge is 2.09. The van der Waals surface area contributed by atoms with Crippen molar-refractivity contribution in [3.8, 4) is 0 Å². The predicted molar refractivity (Wildman–Crippen MR) is 74.1 cm³/mol. The third-order valence-electron chi connectivity index (χ3n) is 2.73. The molecule has 0 fully saturated rings. The summed E-state index contributed by atoms with van der Waals surface area (Å²) in [5.41, 5.74) is 2.28. The van der Waals surface area contributed by atoms with Crippen LogP contribution in [0.1, 0.15) is 16.1 Å². The van der Waals surface area contributed by atoms with Crippen LogP contribution < -0.4 is 10.6 Å². The third kappa shape index (κ3) is 3.51. The molecule has 0 unspecified atom stereocenters. The van der Waals surface area contributed by atoms with E-state index < -0.39 is 0 Å². The van der Waals surface area contributed by atoms with Crippen LogP contribution >= 0.6 is 0 Å². The van der Waals surface area contributed by atoms with Gasteiger partial charge in [-0.05, 0) is 18.2 Å². The summed E-state index contributed by atoms with van der Waals surface area (Å²) in [6.45, 7) is 0.557. The summed E-state index contributed by atoms with van der Waals surface area (Å²) in [7, 11) is 1.77. The van der Waals surface area contributed by atoms with E-state index >= 15 is 0 Å². The van der Waals surface area contributed by atoms with Gasteiger partial charge in [0.1, 0.15) is 0 Å². The predicted octanol–water partition coefficient (Wildman–Crippen LogP) is 1.49. The lowest BCUT2D eigenvalue weighted by Gasteiger charge is -2.08. The minimum absolute atomic E-state index is 0.109. The zero-order valence-electron chi connectivity index (χ0n) is 10.8. The first kappa shape index (κ1) is 13.0. The summed E-state index contributed by atoms with van der Waals surface area (Å²) in [6, 6.07) is 7.45. The quantitative estimate of drug-likeness (QED) is 0.850. The van der Waals surface area contributed by atoms with Gasteiger partial charge >= 0.3 is 0 Å². The first-order valence-corrected chi connectivity index (χ1v) is 6.11. The maximum atomic E-state index is 12.0. The molecule has 0 radical (unpaired) electrons. The van der Waals surface area contributed by atoms with E-state index in [0.717, 1.165) is 11.4 Å². The van der Waals surface area contributed by atoms with Gasteiger partial charge in [-0.3, -0.25) is 14.8 Å². The Labute approximate surface area is 112 Å². The Kier molecular flexibility index (Phi) is 4.44. The van der Waals surface area contributed by atoms with Crippen molar-refractivity contribution in [2.24, 2.45) is 0 Å². The van der Waals surface area contributed by atoms with E-state index in [9.17, 15) is 4.79 Å². The zero-order chi connectivity index (χ0) is 13.5. The molecule has 1 amide bonds. The van der Waals surface area contributed by atoms with Crippen LogP contribution in [0.2, 0.25) is 0 Å². The number of anilines is 1. The summed E-state index contributed by atoms with van der Waals surface area (Å²) in [5, 5.41) is 5.82. The average Bonchev–Trinajstić information content (AvgIpc) is 2.48. The molecule has 2 N–H and O–H groups in total. The van der Waals surface area contributed by atoms with Gasteiger partial charge in [0.05, 0.1) is 17.4 Å². The first-order chi connectivity index (χ1) is 9.31. The second kappa shape index (κ2) is 6.49. The van der Waals surface area contributed by atoms with Crippen LogP contribution in [0.15, 0.2) is 42.9 Å². The fourth-order valence-electron chi connectivity index (χ4n) is 1.74. The Balaban J connectivity index is 1.91. The molecule has 0 aliphatic rings. The third-order valence-corrected chi connectivity index (χ3v) is 2.73. The first-order valence-electron chi connectivity index (χ1n) is 6.11. The van der Waals surface area contributed by atoms with Crippen molar-refractivity contribution in [2.75, 3.05) is 18.9 Å². The maximum Gasteiger partial charge on any atom is 0.253 e. The molecule has 5 heteroatoms. The lowest BCUT2D eigenvalue weighted by molar-refractivity contribution is 0.0955. The number of rotatable bonds is 5. The van der Waals surface area contributed by atoms with E-state index in [1.807, 2.05) is 18.2 Å². The van der Waals surface area contributed by atoms with E-state index in [-0.39, 0.29) is 5.91 Å². The molecule has 5 nitrogen and oxygen atoms in total. The van der Waals surface area contributed by atoms with Crippen LogP contribution in [-0.2, 0) is 6.42 Å². The summed E-state index contributed by atoms with van der Waals surface area (Å²) in [5.74, 6) is -0.109. The molecular formula is C14H16N4O. The molecule has 0 aliphatic carbocycles. The van der Waals surface area contributed by atoms with Crippen molar-refractivity contribution in [1.29, 1.82) is 0 Å². The Hall–Kier alpha value is -2.43. The maximum absolute atomic E-state index is 12.0. The van der Waals surface area contributed by atoms with Gasteiger partial charge in [-0.1, -0.05) is 6.07 Å². The highest BCUT2D eigenvalue weighted by atomic mass is 16.1. The summed E-state index contributed by atoms with van der Waals surface area (Å²) in [6.07, 6.45) is 5.70. The van der Waals surface area contributed by atoms with Crippen molar-refractivity contribution in [3.05, 3.63) is 54.1 Å². The van der Waals surface area contributed by atoms with Gasteiger partial charge in [-0.25, -0.2) is 0 Å². The Morgan fingerprint density at radius 2 is 2.16 bits per heavy atom. The highest BCUT2D eigenvalue weighted by molar-refractivity contribution is 5.99. The molecule has 0 atom stereocenters. The van der Waals surface area contributed by atoms with Crippen LogP contribution in [0.25, 0.3) is 0 Å². The molecule has 2 aromatic rings. The van der Waals surface area contributed by atoms with Crippen LogP contribution in [0.3, 0.4) is 0 Å². The number of pyridine rings is 2. The molecule has 2 heterocycles. The molecule has 0 aromatic carbocycles. The lowest BCUT2D eigenvalue weighted by atomic mass is 10.2. The number of hydrogen-bond donors (Lipinski definition) is 2. The van der Waals surface area contributed by atoms with Gasteiger partial charge < -0.3 is 10.6 Å². The topological polar surface area (TPSA) is 66.9 Å². The van der Waals surface area contributed by atoms with E-state index in [0.29, 0.717) is 18.5 Å². The molecule has 0 spiro atoms. The van der Waals surface area contributed by atoms with Crippen molar-refractivity contribution in [2.45, 2.75) is 6.42 Å². The van der Waals surface area contributed by atoms with E-state index in [2.05, 4.69) is 20.6 Å². The molecule has 2 aromatic heterocycles. The van der Waals surface area contributed by atoms with Crippen LogP contribution in [0.5, 0.6) is 0 Å². The number of carbonyl (C=O) groups is 1. The number of hydrogen-bond acceptors (Lipinski definition) is 4. The average molecular weight is 256 g/mol. The summed E-state index contributed by atoms with van der Waals surface area (Å²) >= 11 is 0. The van der Waals surface area contributed by atoms with Crippen LogP contribution in [0, 0.1) is 0 Å². The molecule has 98 valence electrons. The van der Waals surface area contributed by atoms with E-state index in [1.54, 1.807) is 31.7 Å². The molecule has 2 rings (SSSR count). The minimum atomic E-state index is -0.109. The van der Waals surface area contributed by atoms with Gasteiger partial charge in [-0.2, -0.15) is 0 Å². The molecule has 19 heavy (non-hydrogen) atoms. The van der Waals surface area contributed by atoms with Crippen molar-refractivity contribution < 1.29 is 4.79 Å². The monoisotopic (exact) mass is 256 g/mol. The summed E-state index contributed by atoms with van der Waals surface area (Å²) < 4.78 is 0. The van der Waals surface area contributed by atoms with E-state index in [1.165, 1.54) is 0 Å². The minimum Gasteiger partial charge on any atom is -0.386 e. The Bertz CT molecular complexity index is 542. The van der Waals surface area contributed by atoms with Crippen molar-refractivity contribution in [3.63, 3.8) is 0 Å². The Morgan fingerprint density at radius 3 is 2.89 bits per heavy atom. The van der Waals surface area contributed by atoms with Crippen molar-refractivity contribution in [1.82, 2.24) is 15.3 Å². The second-order valence-electron chi connectivity index (χ2n) is 4.00. The number of amides is 1. The summed E-state index contributed by atoms with van der Waals surface area (Å²) in [4.78, 5) is 20.2. The number of nitrogens with zero attached hydrogens (tertiary/aromatic N) is 2. The number of nitrogens with one attached hydrogen (secondary N) is 2. The molecule has 0 saturated carbocycles. The van der Waals surface area contributed by atoms with Gasteiger partial charge in [0.2, 0.25) is 0 Å². The van der Waals surface area contributed by atoms with E-state index in [4.69, 9.17) is 0 Å². The smallest absolute Gasteiger partial charge is 0.253 e. The lowest BCUT2D eigenvalue weighted by Crippen LogP contribution is -2.26. The fourth-order valence-corrected chi connectivity index (χ4v) is 1.74. The largest absolute Gasteiger partial charge is 0.386 e. The molecule has 0 saturated heterocycles. The zero-order valence-corrected chi connectivity index (χ0v) is 10.8. The molecular weight excluding hydrogens is 240 g/mol. The van der Waals surface area contributed by atoms with Gasteiger partial charge in [-0.15, -0.1) is 0 Å².